The van der Waals surface area contributed by atoms with Crippen LogP contribution in [-0.4, -0.2) is 40.2 Å². The van der Waals surface area contributed by atoms with Crippen molar-refractivity contribution in [2.24, 2.45) is 13.0 Å². The van der Waals surface area contributed by atoms with Crippen LogP contribution < -0.4 is 16.0 Å². The molecule has 1 aromatic carbocycles. The van der Waals surface area contributed by atoms with Crippen molar-refractivity contribution in [1.29, 1.82) is 0 Å². The lowest BCUT2D eigenvalue weighted by Gasteiger charge is -2.22. The summed E-state index contributed by atoms with van der Waals surface area (Å²) < 4.78 is 1.74. The maximum Gasteiger partial charge on any atom is 0.253 e. The predicted molar refractivity (Wildman–Crippen MR) is 112 cm³/mol. The molecule has 3 rings (SSSR count). The Kier molecular flexibility index (Phi) is 6.85. The Morgan fingerprint density at radius 1 is 1.21 bits per heavy atom. The van der Waals surface area contributed by atoms with E-state index in [0.717, 1.165) is 12.1 Å². The standard InChI is InChI=1S/C20H27N5O2.ClH/c1-20(2,3)24-19(27)14-7-5-6-8-17(14)23-18(26)16-11-21-10-15(16)13-9-22-25(4)12-13;/h5-9,12,15-16,21H,10-11H2,1-4H3,(H,23,26)(H,24,27);1H/t15-,16+;/m1./s1. The Morgan fingerprint density at radius 2 is 1.93 bits per heavy atom. The molecule has 2 amide bonds. The summed E-state index contributed by atoms with van der Waals surface area (Å²) in [4.78, 5) is 25.5. The van der Waals surface area contributed by atoms with Crippen molar-refractivity contribution in [2.75, 3.05) is 18.4 Å². The number of carbonyl (C=O) groups excluding carboxylic acids is 2. The molecule has 0 radical (unpaired) electrons. The van der Waals surface area contributed by atoms with Crippen molar-refractivity contribution >= 4 is 29.9 Å². The maximum absolute atomic E-state index is 13.0. The number of rotatable bonds is 4. The van der Waals surface area contributed by atoms with Gasteiger partial charge in [-0.3, -0.25) is 14.3 Å². The Balaban J connectivity index is 0.00000280. The van der Waals surface area contributed by atoms with Gasteiger partial charge in [0.25, 0.3) is 5.91 Å². The second-order valence-corrected chi connectivity index (χ2v) is 8.06. The van der Waals surface area contributed by atoms with Crippen LogP contribution >= 0.6 is 12.4 Å². The zero-order valence-electron chi connectivity index (χ0n) is 16.7. The quantitative estimate of drug-likeness (QED) is 0.728. The molecule has 1 saturated heterocycles. The SMILES string of the molecule is Cl.Cn1cc([C@H]2CNC[C@@H]2C(=O)Nc2ccccc2C(=O)NC(C)(C)C)cn1. The highest BCUT2D eigenvalue weighted by Gasteiger charge is 2.35. The summed E-state index contributed by atoms with van der Waals surface area (Å²) >= 11 is 0. The second kappa shape index (κ2) is 8.75. The highest BCUT2D eigenvalue weighted by Crippen LogP contribution is 2.29. The summed E-state index contributed by atoms with van der Waals surface area (Å²) in [5.74, 6) is -0.446. The lowest BCUT2D eigenvalue weighted by atomic mass is 9.90. The molecule has 8 heteroatoms. The van der Waals surface area contributed by atoms with Crippen molar-refractivity contribution in [3.8, 4) is 0 Å². The molecule has 3 N–H and O–H groups in total. The van der Waals surface area contributed by atoms with E-state index >= 15 is 0 Å². The van der Waals surface area contributed by atoms with Crippen LogP contribution in [0.3, 0.4) is 0 Å². The third kappa shape index (κ3) is 5.11. The summed E-state index contributed by atoms with van der Waals surface area (Å²) in [5, 5.41) is 13.4. The van der Waals surface area contributed by atoms with Gasteiger partial charge in [-0.05, 0) is 38.5 Å². The first kappa shape index (κ1) is 21.9. The summed E-state index contributed by atoms with van der Waals surface area (Å²) in [6, 6.07) is 7.09. The number of anilines is 1. The van der Waals surface area contributed by atoms with E-state index < -0.39 is 0 Å². The van der Waals surface area contributed by atoms with Crippen LogP contribution in [0.25, 0.3) is 0 Å². The first-order chi connectivity index (χ1) is 12.7. The molecule has 1 aliphatic heterocycles. The van der Waals surface area contributed by atoms with E-state index in [4.69, 9.17) is 0 Å². The number of para-hydroxylation sites is 1. The van der Waals surface area contributed by atoms with E-state index in [2.05, 4.69) is 21.0 Å². The van der Waals surface area contributed by atoms with Gasteiger partial charge in [-0.15, -0.1) is 12.4 Å². The molecule has 0 spiro atoms. The summed E-state index contributed by atoms with van der Waals surface area (Å²) in [6.07, 6.45) is 3.76. The molecule has 0 aliphatic carbocycles. The predicted octanol–water partition coefficient (Wildman–Crippen LogP) is 2.31. The number of halogens is 1. The summed E-state index contributed by atoms with van der Waals surface area (Å²) in [7, 11) is 1.87. The van der Waals surface area contributed by atoms with E-state index in [0.29, 0.717) is 17.8 Å². The molecule has 0 unspecified atom stereocenters. The molecule has 1 aliphatic rings. The molecule has 152 valence electrons. The Labute approximate surface area is 171 Å². The monoisotopic (exact) mass is 405 g/mol. The molecule has 0 saturated carbocycles. The minimum atomic E-state index is -0.352. The van der Waals surface area contributed by atoms with Crippen LogP contribution in [0.1, 0.15) is 42.6 Å². The van der Waals surface area contributed by atoms with Crippen LogP contribution in [-0.2, 0) is 11.8 Å². The minimum Gasteiger partial charge on any atom is -0.347 e. The van der Waals surface area contributed by atoms with E-state index in [-0.39, 0.29) is 41.6 Å². The van der Waals surface area contributed by atoms with Crippen LogP contribution in [0.2, 0.25) is 0 Å². The van der Waals surface area contributed by atoms with E-state index in [1.54, 1.807) is 22.9 Å². The normalized spacial score (nSPS) is 19.0. The lowest BCUT2D eigenvalue weighted by Crippen LogP contribution is -2.41. The number of nitrogens with one attached hydrogen (secondary N) is 3. The maximum atomic E-state index is 13.0. The number of aryl methyl sites for hydroxylation is 1. The zero-order valence-corrected chi connectivity index (χ0v) is 17.5. The molecule has 1 aromatic heterocycles. The average Bonchev–Trinajstić information content (AvgIpc) is 3.22. The number of aromatic nitrogens is 2. The Morgan fingerprint density at radius 3 is 2.57 bits per heavy atom. The lowest BCUT2D eigenvalue weighted by molar-refractivity contribution is -0.119. The van der Waals surface area contributed by atoms with Crippen LogP contribution in [0, 0.1) is 5.92 Å². The van der Waals surface area contributed by atoms with Crippen molar-refractivity contribution in [3.05, 3.63) is 47.8 Å². The summed E-state index contributed by atoms with van der Waals surface area (Å²) in [5.41, 5.74) is 1.68. The van der Waals surface area contributed by atoms with Gasteiger partial charge < -0.3 is 16.0 Å². The van der Waals surface area contributed by atoms with Gasteiger partial charge >= 0.3 is 0 Å². The van der Waals surface area contributed by atoms with Gasteiger partial charge in [-0.25, -0.2) is 0 Å². The molecule has 0 bridgehead atoms. The molecule has 28 heavy (non-hydrogen) atoms. The first-order valence-corrected chi connectivity index (χ1v) is 9.16. The van der Waals surface area contributed by atoms with Crippen molar-refractivity contribution in [3.63, 3.8) is 0 Å². The van der Waals surface area contributed by atoms with Gasteiger partial charge in [0, 0.05) is 37.8 Å². The van der Waals surface area contributed by atoms with Gasteiger partial charge in [-0.2, -0.15) is 5.10 Å². The van der Waals surface area contributed by atoms with E-state index in [1.807, 2.05) is 46.3 Å². The van der Waals surface area contributed by atoms with Gasteiger partial charge in [0.2, 0.25) is 5.91 Å². The fourth-order valence-corrected chi connectivity index (χ4v) is 3.36. The molecule has 2 atom stereocenters. The highest BCUT2D eigenvalue weighted by atomic mass is 35.5. The second-order valence-electron chi connectivity index (χ2n) is 8.06. The summed E-state index contributed by atoms with van der Waals surface area (Å²) in [6.45, 7) is 7.11. The van der Waals surface area contributed by atoms with Gasteiger partial charge in [0.1, 0.15) is 0 Å². The number of hydrogen-bond donors (Lipinski definition) is 3. The third-order valence-corrected chi connectivity index (χ3v) is 4.62. The van der Waals surface area contributed by atoms with Crippen LogP contribution in [0.4, 0.5) is 5.69 Å². The van der Waals surface area contributed by atoms with E-state index in [1.165, 1.54) is 0 Å². The topological polar surface area (TPSA) is 88.0 Å². The minimum absolute atomic E-state index is 0. The fraction of sp³-hybridized carbons (Fsp3) is 0.450. The van der Waals surface area contributed by atoms with E-state index in [9.17, 15) is 9.59 Å². The number of benzene rings is 1. The molecule has 1 fully saturated rings. The van der Waals surface area contributed by atoms with Crippen molar-refractivity contribution in [2.45, 2.75) is 32.2 Å². The van der Waals surface area contributed by atoms with Crippen LogP contribution in [0.15, 0.2) is 36.7 Å². The fourth-order valence-electron chi connectivity index (χ4n) is 3.36. The number of amides is 2. The number of carbonyl (C=O) groups is 2. The van der Waals surface area contributed by atoms with Gasteiger partial charge in [-0.1, -0.05) is 12.1 Å². The molecular formula is C20H28ClN5O2. The molecular weight excluding hydrogens is 378 g/mol. The average molecular weight is 406 g/mol. The van der Waals surface area contributed by atoms with Crippen LogP contribution in [0.5, 0.6) is 0 Å². The third-order valence-electron chi connectivity index (χ3n) is 4.62. The first-order valence-electron chi connectivity index (χ1n) is 9.16. The van der Waals surface area contributed by atoms with Gasteiger partial charge in [0.15, 0.2) is 0 Å². The number of hydrogen-bond acceptors (Lipinski definition) is 4. The molecule has 7 nitrogen and oxygen atoms in total. The molecule has 2 aromatic rings. The number of nitrogens with zero attached hydrogens (tertiary/aromatic N) is 2. The molecule has 2 heterocycles. The Bertz CT molecular complexity index is 843. The highest BCUT2D eigenvalue weighted by molar-refractivity contribution is 6.04. The smallest absolute Gasteiger partial charge is 0.253 e. The zero-order chi connectivity index (χ0) is 19.6. The Hall–Kier alpha value is -2.38. The van der Waals surface area contributed by atoms with Gasteiger partial charge in [0.05, 0.1) is 23.4 Å². The largest absolute Gasteiger partial charge is 0.347 e. The van der Waals surface area contributed by atoms with Crippen molar-refractivity contribution < 1.29 is 9.59 Å². The van der Waals surface area contributed by atoms with Crippen molar-refractivity contribution in [1.82, 2.24) is 20.4 Å².